The molecule has 1 fully saturated rings. The van der Waals surface area contributed by atoms with Crippen LogP contribution in [-0.4, -0.2) is 99.6 Å². The lowest BCUT2D eigenvalue weighted by molar-refractivity contribution is -0.305. The zero-order valence-corrected chi connectivity index (χ0v) is 48.6. The van der Waals surface area contributed by atoms with Crippen LogP contribution in [0.4, 0.5) is 0 Å². The number of hydrogen-bond donors (Lipinski definition) is 6. The van der Waals surface area contributed by atoms with Crippen molar-refractivity contribution in [3.63, 3.8) is 0 Å². The molecule has 76 heavy (non-hydrogen) atoms. The molecule has 0 saturated carbocycles. The Hall–Kier alpha value is -2.90. The Balaban J connectivity index is 2.70. The molecule has 0 bridgehead atoms. The van der Waals surface area contributed by atoms with Crippen molar-refractivity contribution in [1.29, 1.82) is 0 Å². The van der Waals surface area contributed by atoms with Gasteiger partial charge in [-0.15, -0.1) is 0 Å². The summed E-state index contributed by atoms with van der Waals surface area (Å²) in [5.41, 5.74) is 0. The van der Waals surface area contributed by atoms with Crippen LogP contribution in [0.2, 0.25) is 0 Å². The Labute approximate surface area is 464 Å². The van der Waals surface area contributed by atoms with Gasteiger partial charge >= 0.3 is 5.97 Å². The summed E-state index contributed by atoms with van der Waals surface area (Å²) in [5.74, 6) is -1.21. The van der Waals surface area contributed by atoms with Crippen molar-refractivity contribution in [2.24, 2.45) is 0 Å². The third-order valence-electron chi connectivity index (χ3n) is 14.4. The smallest absolute Gasteiger partial charge is 0.306 e. The highest BCUT2D eigenvalue weighted by molar-refractivity contribution is 5.80. The second-order valence-corrected chi connectivity index (χ2v) is 21.4. The van der Waals surface area contributed by atoms with Crippen molar-refractivity contribution in [2.75, 3.05) is 13.2 Å². The summed E-state index contributed by atoms with van der Waals surface area (Å²) in [6.45, 7) is 5.67. The minimum atomic E-state index is -1.62. The third kappa shape index (κ3) is 40.3. The van der Waals surface area contributed by atoms with E-state index in [1.165, 1.54) is 122 Å². The van der Waals surface area contributed by atoms with E-state index in [1.807, 2.05) is 6.08 Å². The number of nitrogens with one attached hydrogen (secondary N) is 1. The van der Waals surface area contributed by atoms with Crippen molar-refractivity contribution in [1.82, 2.24) is 5.32 Å². The highest BCUT2D eigenvalue weighted by atomic mass is 16.7. The summed E-state index contributed by atoms with van der Waals surface area (Å²) in [4.78, 5) is 26.5. The van der Waals surface area contributed by atoms with Crippen LogP contribution in [0.15, 0.2) is 72.9 Å². The van der Waals surface area contributed by atoms with Crippen LogP contribution in [0.5, 0.6) is 0 Å². The van der Waals surface area contributed by atoms with Crippen molar-refractivity contribution in [2.45, 2.75) is 314 Å². The lowest BCUT2D eigenvalue weighted by atomic mass is 9.99. The van der Waals surface area contributed by atoms with Crippen LogP contribution < -0.4 is 5.32 Å². The zero-order valence-electron chi connectivity index (χ0n) is 48.6. The summed E-state index contributed by atoms with van der Waals surface area (Å²) in [5, 5.41) is 57.0. The van der Waals surface area contributed by atoms with Crippen LogP contribution in [0.1, 0.15) is 265 Å². The Morgan fingerprint density at radius 2 is 0.947 bits per heavy atom. The number of unbranched alkanes of at least 4 members (excludes halogenated alkanes) is 28. The number of esters is 1. The SMILES string of the molecule is CC/C=C\C/C=C\C/C=C\C/C=C\C/C=C\CCCCCCC(O)C(=O)NC(COC1OC(CO)C(O)C(O)C1OC(=O)CCCCCCCCCCCCCCCCC)C(O)/C=C/CCCCCCCCCCCC. The molecular weight excluding hydrogens is 955 g/mol. The van der Waals surface area contributed by atoms with Crippen LogP contribution in [0.3, 0.4) is 0 Å². The topological polar surface area (TPSA) is 175 Å². The Morgan fingerprint density at radius 1 is 0.526 bits per heavy atom. The Morgan fingerprint density at radius 3 is 1.42 bits per heavy atom. The van der Waals surface area contributed by atoms with E-state index in [0.717, 1.165) is 96.3 Å². The summed E-state index contributed by atoms with van der Waals surface area (Å²) in [7, 11) is 0. The molecule has 1 amide bonds. The monoisotopic (exact) mass is 1070 g/mol. The molecule has 1 aliphatic rings. The van der Waals surface area contributed by atoms with E-state index < -0.39 is 67.4 Å². The molecule has 1 aliphatic heterocycles. The number of ether oxygens (including phenoxy) is 3. The van der Waals surface area contributed by atoms with Gasteiger partial charge in [0.25, 0.3) is 0 Å². The van der Waals surface area contributed by atoms with Crippen LogP contribution >= 0.6 is 0 Å². The number of amides is 1. The average molecular weight is 1070 g/mol. The average Bonchev–Trinajstić information content (AvgIpc) is 3.42. The van der Waals surface area contributed by atoms with Crippen LogP contribution in [0, 0.1) is 0 Å². The van der Waals surface area contributed by atoms with Gasteiger partial charge in [0.05, 0.1) is 25.4 Å². The molecule has 8 atom stereocenters. The van der Waals surface area contributed by atoms with Crippen molar-refractivity contribution >= 4 is 11.9 Å². The lowest BCUT2D eigenvalue weighted by Crippen LogP contribution is -2.61. The summed E-state index contributed by atoms with van der Waals surface area (Å²) in [6, 6.07) is -1.04. The van der Waals surface area contributed by atoms with E-state index in [4.69, 9.17) is 14.2 Å². The number of hydrogen-bond acceptors (Lipinski definition) is 10. The predicted molar refractivity (Wildman–Crippen MR) is 315 cm³/mol. The lowest BCUT2D eigenvalue weighted by Gasteiger charge is -2.41. The Bertz CT molecular complexity index is 1510. The number of rotatable bonds is 52. The maximum absolute atomic E-state index is 13.4. The largest absolute Gasteiger partial charge is 0.454 e. The van der Waals surface area contributed by atoms with Gasteiger partial charge in [0.2, 0.25) is 5.91 Å². The van der Waals surface area contributed by atoms with Gasteiger partial charge in [0.1, 0.15) is 24.4 Å². The first-order chi connectivity index (χ1) is 37.2. The third-order valence-corrected chi connectivity index (χ3v) is 14.4. The molecular formula is C65H115NO10. The molecule has 1 saturated heterocycles. The maximum atomic E-state index is 13.4. The van der Waals surface area contributed by atoms with Gasteiger partial charge in [-0.2, -0.15) is 0 Å². The number of allylic oxidation sites excluding steroid dienone is 11. The van der Waals surface area contributed by atoms with E-state index in [1.54, 1.807) is 6.08 Å². The minimum Gasteiger partial charge on any atom is -0.454 e. The van der Waals surface area contributed by atoms with Gasteiger partial charge in [-0.1, -0.05) is 261 Å². The van der Waals surface area contributed by atoms with Gasteiger partial charge < -0.3 is 45.1 Å². The molecule has 1 heterocycles. The maximum Gasteiger partial charge on any atom is 0.306 e. The van der Waals surface area contributed by atoms with E-state index in [-0.39, 0.29) is 19.4 Å². The summed E-state index contributed by atoms with van der Waals surface area (Å²) >= 11 is 0. The van der Waals surface area contributed by atoms with E-state index in [9.17, 15) is 35.1 Å². The Kier molecular flexibility index (Phi) is 49.4. The fourth-order valence-electron chi connectivity index (χ4n) is 9.44. The van der Waals surface area contributed by atoms with Gasteiger partial charge in [0, 0.05) is 6.42 Å². The van der Waals surface area contributed by atoms with Gasteiger partial charge in [-0.25, -0.2) is 0 Å². The molecule has 440 valence electrons. The first kappa shape index (κ1) is 71.1. The predicted octanol–water partition coefficient (Wildman–Crippen LogP) is 14.8. The molecule has 8 unspecified atom stereocenters. The van der Waals surface area contributed by atoms with Gasteiger partial charge in [-0.3, -0.25) is 9.59 Å². The number of carbonyl (C=O) groups excluding carboxylic acids is 2. The van der Waals surface area contributed by atoms with Crippen molar-refractivity contribution < 1.29 is 49.3 Å². The summed E-state index contributed by atoms with van der Waals surface area (Å²) in [6.07, 6.45) is 56.5. The highest BCUT2D eigenvalue weighted by Crippen LogP contribution is 2.26. The van der Waals surface area contributed by atoms with Crippen molar-refractivity contribution in [3.05, 3.63) is 72.9 Å². The van der Waals surface area contributed by atoms with E-state index in [0.29, 0.717) is 12.8 Å². The molecule has 1 rings (SSSR count). The molecule has 0 aromatic carbocycles. The van der Waals surface area contributed by atoms with Crippen molar-refractivity contribution in [3.8, 4) is 0 Å². The molecule has 11 nitrogen and oxygen atoms in total. The molecule has 0 radical (unpaired) electrons. The second-order valence-electron chi connectivity index (χ2n) is 21.4. The first-order valence-electron chi connectivity index (χ1n) is 31.2. The summed E-state index contributed by atoms with van der Waals surface area (Å²) < 4.78 is 17.6. The minimum absolute atomic E-state index is 0.122. The second kappa shape index (κ2) is 52.8. The first-order valence-corrected chi connectivity index (χ1v) is 31.2. The molecule has 0 aliphatic carbocycles. The fourth-order valence-corrected chi connectivity index (χ4v) is 9.44. The number of aliphatic hydroxyl groups excluding tert-OH is 5. The quantitative estimate of drug-likeness (QED) is 0.0195. The highest BCUT2D eigenvalue weighted by Gasteiger charge is 2.47. The van der Waals surface area contributed by atoms with E-state index in [2.05, 4.69) is 86.8 Å². The normalized spacial score (nSPS) is 19.6. The molecule has 0 aromatic heterocycles. The zero-order chi connectivity index (χ0) is 55.4. The standard InChI is InChI=1S/C65H115NO10/c1-4-7-10-13-16-19-22-25-27-28-29-30-31-33-34-37-40-43-46-49-52-58(69)64(73)66-56(57(68)51-48-45-42-39-36-24-21-18-15-12-9-6-3)55-74-65-63(62(72)61(71)59(54-67)75-65)76-60(70)53-50-47-44-41-38-35-32-26-23-20-17-14-11-8-5-2/h7,10,16,19,25,27,29-30,33-34,48,51,56-59,61-63,65,67-69,71-72H,4-6,8-9,11-15,17-18,20-24,26,28,31-32,35-47,49-50,52-55H2,1-3H3,(H,66,73)/b10-7-,19-16-,27-25-,30-29-,34-33-,51-48+. The van der Waals surface area contributed by atoms with Gasteiger partial charge in [0.15, 0.2) is 12.4 Å². The molecule has 0 spiro atoms. The molecule has 0 aromatic rings. The number of carbonyl (C=O) groups is 2. The van der Waals surface area contributed by atoms with E-state index >= 15 is 0 Å². The van der Waals surface area contributed by atoms with Crippen LogP contribution in [0.25, 0.3) is 0 Å². The molecule has 6 N–H and O–H groups in total. The fraction of sp³-hybridized carbons (Fsp3) is 0.785. The van der Waals surface area contributed by atoms with Crippen LogP contribution in [-0.2, 0) is 23.8 Å². The van der Waals surface area contributed by atoms with Gasteiger partial charge in [-0.05, 0) is 70.6 Å². The molecule has 11 heteroatoms. The number of aliphatic hydroxyl groups is 5.